The summed E-state index contributed by atoms with van der Waals surface area (Å²) in [6.07, 6.45) is 3.27. The summed E-state index contributed by atoms with van der Waals surface area (Å²) in [7, 11) is -1.89. The van der Waals surface area contributed by atoms with Crippen LogP contribution >= 0.6 is 0 Å². The third-order valence-electron chi connectivity index (χ3n) is 2.59. The highest BCUT2D eigenvalue weighted by molar-refractivity contribution is 7.87. The predicted molar refractivity (Wildman–Crippen MR) is 72.7 cm³/mol. The largest absolute Gasteiger partial charge is 0.364 e. The van der Waals surface area contributed by atoms with Gasteiger partial charge in [0.2, 0.25) is 0 Å². The van der Waals surface area contributed by atoms with Crippen molar-refractivity contribution >= 4 is 10.2 Å². The summed E-state index contributed by atoms with van der Waals surface area (Å²) in [5.41, 5.74) is 0.557. The summed E-state index contributed by atoms with van der Waals surface area (Å²) < 4.78 is 32.2. The van der Waals surface area contributed by atoms with Gasteiger partial charge in [-0.1, -0.05) is 12.1 Å². The minimum atomic E-state index is -3.46. The first-order valence-corrected chi connectivity index (χ1v) is 7.81. The quantitative estimate of drug-likeness (QED) is 0.606. The lowest BCUT2D eigenvalue weighted by Gasteiger charge is -2.17. The number of aromatic nitrogens is 1. The van der Waals surface area contributed by atoms with Gasteiger partial charge in [-0.25, -0.2) is 0 Å². The summed E-state index contributed by atoms with van der Waals surface area (Å²) >= 11 is 0. The van der Waals surface area contributed by atoms with Gasteiger partial charge in [-0.05, 0) is 25.9 Å². The normalized spacial score (nSPS) is 12.2. The van der Waals surface area contributed by atoms with Gasteiger partial charge in [0.25, 0.3) is 10.2 Å². The van der Waals surface area contributed by atoms with Crippen LogP contribution in [0.25, 0.3) is 0 Å². The maximum absolute atomic E-state index is 11.9. The fraction of sp³-hybridized carbons (Fsp3) is 0.727. The Morgan fingerprint density at radius 1 is 1.42 bits per heavy atom. The second kappa shape index (κ2) is 8.26. The lowest BCUT2D eigenvalue weighted by Crippen LogP contribution is -2.39. The monoisotopic (exact) mass is 290 g/mol. The highest BCUT2D eigenvalue weighted by Gasteiger charge is 2.16. The van der Waals surface area contributed by atoms with E-state index in [2.05, 4.69) is 26.6 Å². The lowest BCUT2D eigenvalue weighted by molar-refractivity contribution is 0.409. The molecule has 0 amide bonds. The van der Waals surface area contributed by atoms with Crippen molar-refractivity contribution in [2.75, 3.05) is 26.7 Å². The summed E-state index contributed by atoms with van der Waals surface area (Å²) in [5, 5.41) is 6.88. The number of hydrogen-bond donors (Lipinski definition) is 2. The summed E-state index contributed by atoms with van der Waals surface area (Å²) in [5.74, 6) is 0. The molecule has 2 N–H and O–H groups in total. The number of hydrogen-bond acceptors (Lipinski definition) is 5. The smallest absolute Gasteiger partial charge is 0.279 e. The topological polar surface area (TPSA) is 87.5 Å². The van der Waals surface area contributed by atoms with Gasteiger partial charge in [-0.2, -0.15) is 17.4 Å². The molecule has 110 valence electrons. The summed E-state index contributed by atoms with van der Waals surface area (Å²) in [6.45, 7) is 4.48. The maximum atomic E-state index is 11.9. The fourth-order valence-corrected chi connectivity index (χ4v) is 2.37. The van der Waals surface area contributed by atoms with Crippen LogP contribution in [0, 0.1) is 0 Å². The Morgan fingerprint density at radius 2 is 2.21 bits per heavy atom. The average Bonchev–Trinajstić information content (AvgIpc) is 2.89. The Balaban J connectivity index is 2.27. The van der Waals surface area contributed by atoms with Gasteiger partial charge in [-0.15, -0.1) is 0 Å². The molecule has 0 spiro atoms. The average molecular weight is 290 g/mol. The predicted octanol–water partition coefficient (Wildman–Crippen LogP) is 0.331. The van der Waals surface area contributed by atoms with E-state index in [0.717, 1.165) is 25.9 Å². The highest BCUT2D eigenvalue weighted by atomic mass is 32.2. The van der Waals surface area contributed by atoms with E-state index in [4.69, 9.17) is 0 Å². The molecule has 8 heteroatoms. The second-order valence-corrected chi connectivity index (χ2v) is 6.10. The molecule has 0 saturated heterocycles. The van der Waals surface area contributed by atoms with Crippen LogP contribution in [0.3, 0.4) is 0 Å². The number of rotatable bonds is 10. The minimum absolute atomic E-state index is 0.136. The number of nitrogens with zero attached hydrogens (tertiary/aromatic N) is 2. The molecule has 1 rings (SSSR count). The zero-order valence-electron chi connectivity index (χ0n) is 11.4. The molecule has 0 aliphatic rings. The second-order valence-electron chi connectivity index (χ2n) is 4.24. The van der Waals surface area contributed by atoms with Gasteiger partial charge in [0.15, 0.2) is 0 Å². The van der Waals surface area contributed by atoms with Gasteiger partial charge >= 0.3 is 0 Å². The zero-order chi connectivity index (χ0) is 14.1. The summed E-state index contributed by atoms with van der Waals surface area (Å²) in [4.78, 5) is 0. The first kappa shape index (κ1) is 16.1. The molecule has 0 bridgehead atoms. The molecule has 0 aliphatic carbocycles. The van der Waals surface area contributed by atoms with Gasteiger partial charge in [0.05, 0.1) is 12.2 Å². The molecule has 7 nitrogen and oxygen atoms in total. The van der Waals surface area contributed by atoms with Gasteiger partial charge in [0.1, 0.15) is 6.26 Å². The zero-order valence-corrected chi connectivity index (χ0v) is 12.2. The Hall–Kier alpha value is -0.960. The Labute approximate surface area is 114 Å². The van der Waals surface area contributed by atoms with Crippen molar-refractivity contribution < 1.29 is 12.9 Å². The third-order valence-corrected chi connectivity index (χ3v) is 4.10. The SMILES string of the molecule is CCCNCCCN(C)S(=O)(=O)NCc1ccon1. The van der Waals surface area contributed by atoms with E-state index in [-0.39, 0.29) is 6.54 Å². The summed E-state index contributed by atoms with van der Waals surface area (Å²) in [6, 6.07) is 1.62. The van der Waals surface area contributed by atoms with Crippen molar-refractivity contribution in [3.63, 3.8) is 0 Å². The molecule has 0 radical (unpaired) electrons. The van der Waals surface area contributed by atoms with Crippen molar-refractivity contribution in [1.29, 1.82) is 0 Å². The van der Waals surface area contributed by atoms with Gasteiger partial charge in [-0.3, -0.25) is 0 Å². The van der Waals surface area contributed by atoms with E-state index in [9.17, 15) is 8.42 Å². The fourth-order valence-electron chi connectivity index (χ4n) is 1.45. The molecule has 0 aliphatic heterocycles. The van der Waals surface area contributed by atoms with Crippen LogP contribution in [0.2, 0.25) is 0 Å². The molecule has 19 heavy (non-hydrogen) atoms. The molecular weight excluding hydrogens is 268 g/mol. The van der Waals surface area contributed by atoms with Crippen molar-refractivity contribution in [3.05, 3.63) is 18.0 Å². The lowest BCUT2D eigenvalue weighted by atomic mass is 10.4. The van der Waals surface area contributed by atoms with E-state index >= 15 is 0 Å². The van der Waals surface area contributed by atoms with Gasteiger partial charge in [0, 0.05) is 19.7 Å². The molecule has 0 atom stereocenters. The molecule has 1 aromatic heterocycles. The van der Waals surface area contributed by atoms with E-state index in [1.807, 2.05) is 0 Å². The standard InChI is InChI=1S/C11H22N4O3S/c1-3-6-12-7-4-8-15(2)19(16,17)13-10-11-5-9-18-14-11/h5,9,12-13H,3-4,6-8,10H2,1-2H3. The molecule has 0 aromatic carbocycles. The molecule has 0 saturated carbocycles. The van der Waals surface area contributed by atoms with Crippen LogP contribution in [-0.4, -0.2) is 44.6 Å². The van der Waals surface area contributed by atoms with Crippen molar-refractivity contribution in [2.24, 2.45) is 0 Å². The Morgan fingerprint density at radius 3 is 2.84 bits per heavy atom. The number of nitrogens with one attached hydrogen (secondary N) is 2. The third kappa shape index (κ3) is 6.15. The van der Waals surface area contributed by atoms with Gasteiger partial charge < -0.3 is 9.84 Å². The van der Waals surface area contributed by atoms with Crippen molar-refractivity contribution in [2.45, 2.75) is 26.3 Å². The molecule has 0 fully saturated rings. The Bertz CT molecular complexity index is 433. The van der Waals surface area contributed by atoms with Crippen LogP contribution in [0.5, 0.6) is 0 Å². The van der Waals surface area contributed by atoms with Crippen molar-refractivity contribution in [3.8, 4) is 0 Å². The maximum Gasteiger partial charge on any atom is 0.279 e. The molecule has 1 aromatic rings. The van der Waals surface area contributed by atoms with E-state index in [1.165, 1.54) is 10.6 Å². The van der Waals surface area contributed by atoms with E-state index < -0.39 is 10.2 Å². The first-order chi connectivity index (χ1) is 9.06. The first-order valence-electron chi connectivity index (χ1n) is 6.37. The molecular formula is C11H22N4O3S. The van der Waals surface area contributed by atoms with Crippen LogP contribution in [0.1, 0.15) is 25.5 Å². The molecule has 0 unspecified atom stereocenters. The van der Waals surface area contributed by atoms with Crippen LogP contribution in [-0.2, 0) is 16.8 Å². The van der Waals surface area contributed by atoms with Crippen molar-refractivity contribution in [1.82, 2.24) is 19.5 Å². The van der Waals surface area contributed by atoms with Crippen LogP contribution in [0.4, 0.5) is 0 Å². The Kier molecular flexibility index (Phi) is 7.00. The highest BCUT2D eigenvalue weighted by Crippen LogP contribution is 1.99. The van der Waals surface area contributed by atoms with E-state index in [0.29, 0.717) is 12.2 Å². The van der Waals surface area contributed by atoms with Crippen LogP contribution in [0.15, 0.2) is 16.9 Å². The molecule has 1 heterocycles. The minimum Gasteiger partial charge on any atom is -0.364 e. The van der Waals surface area contributed by atoms with E-state index in [1.54, 1.807) is 13.1 Å². The van der Waals surface area contributed by atoms with Crippen LogP contribution < -0.4 is 10.0 Å².